The molecule has 0 aliphatic carbocycles. The summed E-state index contributed by atoms with van der Waals surface area (Å²) < 4.78 is 7.43. The predicted octanol–water partition coefficient (Wildman–Crippen LogP) is 1.94. The summed E-state index contributed by atoms with van der Waals surface area (Å²) in [6.45, 7) is 9.26. The van der Waals surface area contributed by atoms with Crippen molar-refractivity contribution in [3.8, 4) is 0 Å². The molecule has 0 saturated carbocycles. The molecule has 0 bridgehead atoms. The molecule has 0 saturated heterocycles. The average molecular weight is 226 g/mol. The monoisotopic (exact) mass is 226 g/mol. The van der Waals surface area contributed by atoms with Crippen LogP contribution in [0.15, 0.2) is 12.5 Å². The van der Waals surface area contributed by atoms with Crippen LogP contribution in [-0.4, -0.2) is 29.6 Å². The summed E-state index contributed by atoms with van der Waals surface area (Å²) in [5.74, 6) is 0. The van der Waals surface area contributed by atoms with Gasteiger partial charge in [0, 0.05) is 5.73 Å². The molecule has 15 heavy (non-hydrogen) atoms. The third kappa shape index (κ3) is 3.28. The van der Waals surface area contributed by atoms with Crippen molar-refractivity contribution < 1.29 is 9.53 Å². The quantitative estimate of drug-likeness (QED) is 0.569. The predicted molar refractivity (Wildman–Crippen MR) is 61.5 cm³/mol. The SMILES string of the molecule is CC(OCn1cncc1C=O)[Si](C)(C)C. The van der Waals surface area contributed by atoms with E-state index in [0.29, 0.717) is 12.4 Å². The van der Waals surface area contributed by atoms with Gasteiger partial charge in [-0.05, 0) is 6.92 Å². The van der Waals surface area contributed by atoms with Gasteiger partial charge >= 0.3 is 0 Å². The summed E-state index contributed by atoms with van der Waals surface area (Å²) in [6.07, 6.45) is 3.94. The summed E-state index contributed by atoms with van der Waals surface area (Å²) >= 11 is 0. The zero-order valence-corrected chi connectivity index (χ0v) is 10.7. The molecule has 1 aromatic heterocycles. The van der Waals surface area contributed by atoms with Crippen LogP contribution in [-0.2, 0) is 11.5 Å². The molecular formula is C10H18N2O2Si. The molecule has 0 N–H and O–H groups in total. The summed E-state index contributed by atoms with van der Waals surface area (Å²) in [6, 6.07) is 0. The van der Waals surface area contributed by atoms with Crippen molar-refractivity contribution in [2.75, 3.05) is 0 Å². The lowest BCUT2D eigenvalue weighted by molar-refractivity contribution is 0.0549. The maximum absolute atomic E-state index is 10.6. The first-order valence-corrected chi connectivity index (χ1v) is 8.60. The lowest BCUT2D eigenvalue weighted by atomic mass is 10.5. The van der Waals surface area contributed by atoms with Gasteiger partial charge in [-0.2, -0.15) is 0 Å². The van der Waals surface area contributed by atoms with Crippen LogP contribution in [0, 0.1) is 0 Å². The molecule has 4 nitrogen and oxygen atoms in total. The number of carbonyl (C=O) groups is 1. The van der Waals surface area contributed by atoms with Crippen molar-refractivity contribution >= 4 is 14.4 Å². The molecule has 84 valence electrons. The summed E-state index contributed by atoms with van der Waals surface area (Å²) in [5.41, 5.74) is 0.817. The Hall–Kier alpha value is -0.943. The van der Waals surface area contributed by atoms with Crippen LogP contribution < -0.4 is 0 Å². The Bertz CT molecular complexity index is 330. The van der Waals surface area contributed by atoms with Gasteiger partial charge in [0.1, 0.15) is 12.4 Å². The Morgan fingerprint density at radius 3 is 2.80 bits per heavy atom. The van der Waals surface area contributed by atoms with E-state index in [1.165, 1.54) is 6.20 Å². The molecule has 0 aliphatic heterocycles. The van der Waals surface area contributed by atoms with Crippen LogP contribution in [0.3, 0.4) is 0 Å². The van der Waals surface area contributed by atoms with E-state index in [4.69, 9.17) is 4.74 Å². The molecule has 0 radical (unpaired) electrons. The Morgan fingerprint density at radius 1 is 1.60 bits per heavy atom. The van der Waals surface area contributed by atoms with E-state index < -0.39 is 8.07 Å². The third-order valence-electron chi connectivity index (χ3n) is 2.55. The van der Waals surface area contributed by atoms with E-state index in [2.05, 4.69) is 31.5 Å². The minimum absolute atomic E-state index is 0.263. The van der Waals surface area contributed by atoms with Crippen molar-refractivity contribution in [3.63, 3.8) is 0 Å². The average Bonchev–Trinajstić information content (AvgIpc) is 2.59. The molecule has 0 aliphatic rings. The van der Waals surface area contributed by atoms with Gasteiger partial charge in [0.05, 0.1) is 20.6 Å². The maximum atomic E-state index is 10.6. The minimum Gasteiger partial charge on any atom is -0.361 e. The zero-order valence-electron chi connectivity index (χ0n) is 9.73. The number of hydrogen-bond donors (Lipinski definition) is 0. The molecule has 1 heterocycles. The third-order valence-corrected chi connectivity index (χ3v) is 5.15. The van der Waals surface area contributed by atoms with Gasteiger partial charge in [0.25, 0.3) is 0 Å². The lowest BCUT2D eigenvalue weighted by Crippen LogP contribution is -2.38. The van der Waals surface area contributed by atoms with E-state index in [-0.39, 0.29) is 5.73 Å². The van der Waals surface area contributed by atoms with Crippen molar-refractivity contribution in [1.29, 1.82) is 0 Å². The molecule has 0 spiro atoms. The van der Waals surface area contributed by atoms with Gasteiger partial charge < -0.3 is 9.30 Å². The van der Waals surface area contributed by atoms with Gasteiger partial charge in [0.15, 0.2) is 6.29 Å². The number of rotatable bonds is 5. The smallest absolute Gasteiger partial charge is 0.168 e. The molecular weight excluding hydrogens is 208 g/mol. The van der Waals surface area contributed by atoms with E-state index in [0.717, 1.165) is 6.29 Å². The first-order chi connectivity index (χ1) is 6.95. The highest BCUT2D eigenvalue weighted by Crippen LogP contribution is 2.11. The molecule has 1 rings (SSSR count). The number of imidazole rings is 1. The number of carbonyl (C=O) groups excluding carboxylic acids is 1. The van der Waals surface area contributed by atoms with E-state index in [1.807, 2.05) is 0 Å². The molecule has 1 unspecified atom stereocenters. The van der Waals surface area contributed by atoms with Crippen LogP contribution in [0.5, 0.6) is 0 Å². The van der Waals surface area contributed by atoms with Crippen LogP contribution >= 0.6 is 0 Å². The fraction of sp³-hybridized carbons (Fsp3) is 0.600. The number of aromatic nitrogens is 2. The van der Waals surface area contributed by atoms with E-state index in [1.54, 1.807) is 10.9 Å². The topological polar surface area (TPSA) is 44.1 Å². The lowest BCUT2D eigenvalue weighted by Gasteiger charge is -2.25. The molecule has 5 heteroatoms. The summed E-state index contributed by atoms with van der Waals surface area (Å²) in [5, 5.41) is 0. The first-order valence-electron chi connectivity index (χ1n) is 5.02. The first kappa shape index (κ1) is 12.1. The van der Waals surface area contributed by atoms with Gasteiger partial charge in [-0.3, -0.25) is 4.79 Å². The van der Waals surface area contributed by atoms with Crippen molar-refractivity contribution in [2.45, 2.75) is 39.0 Å². The van der Waals surface area contributed by atoms with Crippen molar-refractivity contribution in [3.05, 3.63) is 18.2 Å². The van der Waals surface area contributed by atoms with Gasteiger partial charge in [-0.15, -0.1) is 0 Å². The number of hydrogen-bond acceptors (Lipinski definition) is 3. The number of nitrogens with zero attached hydrogens (tertiary/aromatic N) is 2. The molecule has 0 fully saturated rings. The number of ether oxygens (including phenoxy) is 1. The Labute approximate surface area is 91.3 Å². The van der Waals surface area contributed by atoms with Crippen LogP contribution in [0.1, 0.15) is 17.4 Å². The standard InChI is InChI=1S/C10H18N2O2Si/c1-9(15(2,3)4)14-8-12-7-11-5-10(12)6-13/h5-7,9H,8H2,1-4H3. The molecule has 1 atom stereocenters. The molecule has 0 amide bonds. The fourth-order valence-electron chi connectivity index (χ4n) is 0.979. The number of aldehydes is 1. The maximum Gasteiger partial charge on any atom is 0.168 e. The van der Waals surface area contributed by atoms with E-state index in [9.17, 15) is 4.79 Å². The fourth-order valence-corrected chi connectivity index (χ4v) is 1.55. The Morgan fingerprint density at radius 2 is 2.27 bits per heavy atom. The van der Waals surface area contributed by atoms with Gasteiger partial charge in [-0.1, -0.05) is 19.6 Å². The highest BCUT2D eigenvalue weighted by Gasteiger charge is 2.23. The van der Waals surface area contributed by atoms with Crippen LogP contribution in [0.2, 0.25) is 19.6 Å². The largest absolute Gasteiger partial charge is 0.361 e. The Kier molecular flexibility index (Phi) is 3.81. The van der Waals surface area contributed by atoms with Crippen LogP contribution in [0.4, 0.5) is 0 Å². The summed E-state index contributed by atoms with van der Waals surface area (Å²) in [4.78, 5) is 14.5. The second-order valence-electron chi connectivity index (χ2n) is 4.71. The second kappa shape index (κ2) is 4.72. The Balaban J connectivity index is 2.54. The molecule has 0 aromatic carbocycles. The zero-order chi connectivity index (χ0) is 11.5. The van der Waals surface area contributed by atoms with Crippen LogP contribution in [0.25, 0.3) is 0 Å². The van der Waals surface area contributed by atoms with Gasteiger partial charge in [-0.25, -0.2) is 4.98 Å². The van der Waals surface area contributed by atoms with Crippen molar-refractivity contribution in [1.82, 2.24) is 9.55 Å². The minimum atomic E-state index is -1.27. The second-order valence-corrected chi connectivity index (χ2v) is 10.3. The normalized spacial score (nSPS) is 13.9. The highest BCUT2D eigenvalue weighted by atomic mass is 28.3. The highest BCUT2D eigenvalue weighted by molar-refractivity contribution is 6.77. The van der Waals surface area contributed by atoms with Crippen molar-refractivity contribution in [2.24, 2.45) is 0 Å². The van der Waals surface area contributed by atoms with Gasteiger partial charge in [0.2, 0.25) is 0 Å². The summed E-state index contributed by atoms with van der Waals surface area (Å²) in [7, 11) is -1.27. The molecule has 1 aromatic rings. The van der Waals surface area contributed by atoms with E-state index >= 15 is 0 Å².